The van der Waals surface area contributed by atoms with E-state index in [4.69, 9.17) is 16.3 Å². The van der Waals surface area contributed by atoms with Gasteiger partial charge in [0.15, 0.2) is 0 Å². The third-order valence-electron chi connectivity index (χ3n) is 10.1. The molecular weight excluding hydrogens is 714 g/mol. The number of hydrogen-bond acceptors (Lipinski definition) is 6. The fourth-order valence-corrected chi connectivity index (χ4v) is 8.50. The molecule has 45 heavy (non-hydrogen) atoms. The van der Waals surface area contributed by atoms with Gasteiger partial charge < -0.3 is 9.84 Å². The number of ether oxygens (including phenoxy) is 1. The Morgan fingerprint density at radius 1 is 0.933 bits per heavy atom. The van der Waals surface area contributed by atoms with Gasteiger partial charge in [-0.1, -0.05) is 23.3 Å². The van der Waals surface area contributed by atoms with Crippen LogP contribution in [0.2, 0.25) is 5.02 Å². The molecule has 2 aliphatic heterocycles. The van der Waals surface area contributed by atoms with E-state index in [1.165, 1.54) is 30.2 Å². The number of hydrogen-bond donors (Lipinski definition) is 1. The second-order valence-electron chi connectivity index (χ2n) is 12.2. The highest BCUT2D eigenvalue weighted by molar-refractivity contribution is 14.1. The SMILES string of the molecule is COc1ccc(O)c(C2C3=CCC4C(=O)N(c5ccc(I)cc5)C(=O)C4C3CC3C(=O)N(c4ccc(F)c(Cl)c4)C(=O)C32C)c1. The maximum absolute atomic E-state index is 14.5. The van der Waals surface area contributed by atoms with Crippen LogP contribution in [0.5, 0.6) is 11.5 Å². The molecule has 0 aromatic heterocycles. The van der Waals surface area contributed by atoms with Gasteiger partial charge in [0.1, 0.15) is 17.3 Å². The van der Waals surface area contributed by atoms with E-state index in [1.54, 1.807) is 31.2 Å². The Morgan fingerprint density at radius 3 is 2.33 bits per heavy atom. The molecule has 3 fully saturated rings. The first-order valence-corrected chi connectivity index (χ1v) is 16.0. The number of carbonyl (C=O) groups is 4. The van der Waals surface area contributed by atoms with Crippen molar-refractivity contribution < 1.29 is 33.4 Å². The number of aromatic hydroxyl groups is 1. The Labute approximate surface area is 276 Å². The third-order valence-corrected chi connectivity index (χ3v) is 11.1. The quantitative estimate of drug-likeness (QED) is 0.193. The van der Waals surface area contributed by atoms with E-state index in [9.17, 15) is 28.7 Å². The molecule has 230 valence electrons. The summed E-state index contributed by atoms with van der Waals surface area (Å²) in [5, 5.41) is 11.0. The first-order valence-electron chi connectivity index (χ1n) is 14.5. The molecule has 8 nitrogen and oxygen atoms in total. The summed E-state index contributed by atoms with van der Waals surface area (Å²) in [7, 11) is 1.49. The van der Waals surface area contributed by atoms with Crippen LogP contribution in [0.4, 0.5) is 15.8 Å². The number of methoxy groups -OCH3 is 1. The van der Waals surface area contributed by atoms with Gasteiger partial charge in [-0.05, 0) is 109 Å². The molecule has 0 radical (unpaired) electrons. The van der Waals surface area contributed by atoms with E-state index in [1.807, 2.05) is 18.2 Å². The Morgan fingerprint density at radius 2 is 1.64 bits per heavy atom. The second kappa shape index (κ2) is 10.7. The number of carbonyl (C=O) groups excluding carboxylic acids is 4. The highest BCUT2D eigenvalue weighted by Crippen LogP contribution is 2.64. The van der Waals surface area contributed by atoms with E-state index in [0.717, 1.165) is 20.1 Å². The van der Waals surface area contributed by atoms with Gasteiger partial charge in [0.25, 0.3) is 0 Å². The van der Waals surface area contributed by atoms with Crippen LogP contribution in [-0.2, 0) is 19.2 Å². The first kappa shape index (κ1) is 29.9. The van der Waals surface area contributed by atoms with E-state index < -0.39 is 52.6 Å². The summed E-state index contributed by atoms with van der Waals surface area (Å²) >= 11 is 8.22. The van der Waals surface area contributed by atoms with Crippen LogP contribution in [0.3, 0.4) is 0 Å². The fourth-order valence-electron chi connectivity index (χ4n) is 7.97. The lowest BCUT2D eigenvalue weighted by Crippen LogP contribution is -2.48. The number of rotatable bonds is 4. The summed E-state index contributed by atoms with van der Waals surface area (Å²) in [6.07, 6.45) is 2.32. The zero-order valence-electron chi connectivity index (χ0n) is 24.2. The van der Waals surface area contributed by atoms with Crippen molar-refractivity contribution in [2.45, 2.75) is 25.7 Å². The van der Waals surface area contributed by atoms with Gasteiger partial charge in [-0.3, -0.25) is 24.1 Å². The highest BCUT2D eigenvalue weighted by Gasteiger charge is 2.68. The number of anilines is 2. The van der Waals surface area contributed by atoms with Gasteiger partial charge in [0, 0.05) is 15.1 Å². The van der Waals surface area contributed by atoms with Crippen LogP contribution in [0.25, 0.3) is 0 Å². The highest BCUT2D eigenvalue weighted by atomic mass is 127. The molecule has 4 aliphatic rings. The molecule has 0 spiro atoms. The number of halogens is 3. The van der Waals surface area contributed by atoms with Crippen molar-refractivity contribution >= 4 is 69.2 Å². The second-order valence-corrected chi connectivity index (χ2v) is 13.8. The van der Waals surface area contributed by atoms with Gasteiger partial charge in [0.2, 0.25) is 23.6 Å². The molecule has 1 saturated carbocycles. The molecule has 6 unspecified atom stereocenters. The molecular formula is C34H27ClFIN2O6. The van der Waals surface area contributed by atoms with Crippen LogP contribution >= 0.6 is 34.2 Å². The fraction of sp³-hybridized carbons (Fsp3) is 0.294. The lowest BCUT2D eigenvalue weighted by atomic mass is 9.51. The molecule has 6 atom stereocenters. The Kier molecular flexibility index (Phi) is 7.08. The maximum Gasteiger partial charge on any atom is 0.241 e. The van der Waals surface area contributed by atoms with Gasteiger partial charge >= 0.3 is 0 Å². The number of amides is 4. The molecule has 4 amide bonds. The summed E-state index contributed by atoms with van der Waals surface area (Å²) < 4.78 is 20.5. The molecule has 3 aromatic rings. The van der Waals surface area contributed by atoms with Gasteiger partial charge in [-0.2, -0.15) is 0 Å². The van der Waals surface area contributed by atoms with Crippen molar-refractivity contribution in [3.05, 3.63) is 92.3 Å². The average Bonchev–Trinajstić information content (AvgIpc) is 3.39. The predicted octanol–water partition coefficient (Wildman–Crippen LogP) is 6.23. The number of phenols is 1. The minimum Gasteiger partial charge on any atom is -0.508 e. The molecule has 11 heteroatoms. The minimum absolute atomic E-state index is 0.0951. The van der Waals surface area contributed by atoms with E-state index >= 15 is 0 Å². The van der Waals surface area contributed by atoms with Crippen LogP contribution in [0.15, 0.2) is 72.3 Å². The molecule has 7 rings (SSSR count). The van der Waals surface area contributed by atoms with Crippen LogP contribution in [-0.4, -0.2) is 35.8 Å². The lowest BCUT2D eigenvalue weighted by Gasteiger charge is -2.49. The molecule has 2 aliphatic carbocycles. The number of fused-ring (bicyclic) bond motifs is 4. The molecule has 1 N–H and O–H groups in total. The van der Waals surface area contributed by atoms with Crippen molar-refractivity contribution in [2.24, 2.45) is 29.1 Å². The summed E-state index contributed by atoms with van der Waals surface area (Å²) in [4.78, 5) is 59.0. The number of nitrogens with zero attached hydrogens (tertiary/aromatic N) is 2. The topological polar surface area (TPSA) is 104 Å². The summed E-state index contributed by atoms with van der Waals surface area (Å²) in [5.41, 5.74) is 0.327. The van der Waals surface area contributed by atoms with Gasteiger partial charge in [0.05, 0.1) is 46.7 Å². The van der Waals surface area contributed by atoms with Crippen molar-refractivity contribution in [2.75, 3.05) is 16.9 Å². The Balaban J connectivity index is 1.38. The number of benzene rings is 3. The third kappa shape index (κ3) is 4.28. The summed E-state index contributed by atoms with van der Waals surface area (Å²) in [5.74, 6) is -5.72. The largest absolute Gasteiger partial charge is 0.508 e. The minimum atomic E-state index is -1.39. The van der Waals surface area contributed by atoms with Crippen molar-refractivity contribution in [1.82, 2.24) is 0 Å². The molecule has 2 heterocycles. The molecule has 3 aromatic carbocycles. The lowest BCUT2D eigenvalue weighted by molar-refractivity contribution is -0.131. The van der Waals surface area contributed by atoms with Crippen molar-refractivity contribution in [1.29, 1.82) is 0 Å². The van der Waals surface area contributed by atoms with Crippen LogP contribution in [0, 0.1) is 38.5 Å². The Bertz CT molecular complexity index is 1850. The number of phenolic OH excluding ortho intramolecular Hbond substituents is 1. The molecule has 2 saturated heterocycles. The maximum atomic E-state index is 14.5. The monoisotopic (exact) mass is 740 g/mol. The van der Waals surface area contributed by atoms with Gasteiger partial charge in [-0.15, -0.1) is 0 Å². The Hall–Kier alpha value is -3.77. The van der Waals surface area contributed by atoms with Crippen molar-refractivity contribution in [3.8, 4) is 11.5 Å². The number of imide groups is 2. The predicted molar refractivity (Wildman–Crippen MR) is 172 cm³/mol. The van der Waals surface area contributed by atoms with Crippen molar-refractivity contribution in [3.63, 3.8) is 0 Å². The van der Waals surface area contributed by atoms with E-state index in [-0.39, 0.29) is 41.1 Å². The molecule has 0 bridgehead atoms. The summed E-state index contributed by atoms with van der Waals surface area (Å²) in [6.45, 7) is 1.70. The standard InChI is InChI=1S/C34H27ClFIN2O6/c1-34-24(31(42)39(33(34)44)18-7-11-26(36)25(35)13-18)15-22-20(29(34)23-14-19(45-2)8-12-27(23)40)9-10-21-28(22)32(43)38(30(21)41)17-5-3-16(37)4-6-17/h3-9,11-14,21-22,24,28-29,40H,10,15H2,1-2H3. The van der Waals surface area contributed by atoms with Gasteiger partial charge in [-0.25, -0.2) is 9.29 Å². The zero-order valence-corrected chi connectivity index (χ0v) is 27.1. The van der Waals surface area contributed by atoms with Crippen LogP contribution < -0.4 is 14.5 Å². The van der Waals surface area contributed by atoms with E-state index in [0.29, 0.717) is 17.0 Å². The smallest absolute Gasteiger partial charge is 0.241 e. The normalized spacial score (nSPS) is 29.0. The number of allylic oxidation sites excluding steroid dienone is 2. The van der Waals surface area contributed by atoms with Crippen LogP contribution in [0.1, 0.15) is 31.2 Å². The summed E-state index contributed by atoms with van der Waals surface area (Å²) in [6, 6.07) is 15.5. The average molecular weight is 741 g/mol. The van der Waals surface area contributed by atoms with E-state index in [2.05, 4.69) is 22.6 Å². The first-order chi connectivity index (χ1) is 21.5. The zero-order chi connectivity index (χ0) is 31.9.